The Morgan fingerprint density at radius 2 is 1.50 bits per heavy atom. The molecule has 0 N–H and O–H groups in total. The number of alkyl halides is 4. The lowest BCUT2D eigenvalue weighted by atomic mass is 9.77. The van der Waals surface area contributed by atoms with Gasteiger partial charge in [0.1, 0.15) is 0 Å². The second-order valence-electron chi connectivity index (χ2n) is 8.19. The van der Waals surface area contributed by atoms with Crippen LogP contribution < -0.4 is 4.74 Å². The number of rotatable bonds is 8. The Hall–Kier alpha value is -2.44. The van der Waals surface area contributed by atoms with Gasteiger partial charge in [0.05, 0.1) is 6.67 Å². The van der Waals surface area contributed by atoms with Crippen LogP contribution in [0.4, 0.5) is 26.3 Å². The average molecular weight is 456 g/mol. The molecule has 7 heteroatoms. The van der Waals surface area contributed by atoms with E-state index < -0.39 is 23.7 Å². The van der Waals surface area contributed by atoms with Gasteiger partial charge in [-0.15, -0.1) is 13.2 Å². The summed E-state index contributed by atoms with van der Waals surface area (Å²) >= 11 is 0. The lowest BCUT2D eigenvalue weighted by Gasteiger charge is -2.28. The molecule has 0 bridgehead atoms. The zero-order valence-electron chi connectivity index (χ0n) is 17.6. The van der Waals surface area contributed by atoms with Gasteiger partial charge in [0.15, 0.2) is 11.6 Å². The molecule has 0 unspecified atom stereocenters. The zero-order valence-corrected chi connectivity index (χ0v) is 17.6. The van der Waals surface area contributed by atoms with E-state index in [1.54, 1.807) is 12.1 Å². The number of benzene rings is 2. The van der Waals surface area contributed by atoms with Crippen molar-refractivity contribution < 1.29 is 31.1 Å². The van der Waals surface area contributed by atoms with Crippen molar-refractivity contribution in [2.24, 2.45) is 5.92 Å². The molecule has 0 heterocycles. The summed E-state index contributed by atoms with van der Waals surface area (Å²) in [6, 6.07) is 8.96. The van der Waals surface area contributed by atoms with Crippen LogP contribution in [0.1, 0.15) is 56.4 Å². The summed E-state index contributed by atoms with van der Waals surface area (Å²) < 4.78 is 80.4. The lowest BCUT2D eigenvalue weighted by Crippen LogP contribution is -2.19. The third-order valence-electron chi connectivity index (χ3n) is 5.92. The topological polar surface area (TPSA) is 9.23 Å². The van der Waals surface area contributed by atoms with Crippen LogP contribution in [0.25, 0.3) is 11.1 Å². The third kappa shape index (κ3) is 6.78. The van der Waals surface area contributed by atoms with E-state index in [-0.39, 0.29) is 12.2 Å². The highest BCUT2D eigenvalue weighted by molar-refractivity contribution is 5.65. The first-order valence-electron chi connectivity index (χ1n) is 10.8. The first kappa shape index (κ1) is 24.2. The quantitative estimate of drug-likeness (QED) is 0.220. The first-order valence-corrected chi connectivity index (χ1v) is 10.8. The first-order chi connectivity index (χ1) is 15.3. The summed E-state index contributed by atoms with van der Waals surface area (Å²) in [6.07, 6.45) is 5.72. The average Bonchev–Trinajstić information content (AvgIpc) is 2.76. The number of halogens is 6. The van der Waals surface area contributed by atoms with Crippen LogP contribution in [0.2, 0.25) is 0 Å². The Balaban J connectivity index is 1.59. The maximum atomic E-state index is 14.0. The van der Waals surface area contributed by atoms with Crippen LogP contribution in [0.15, 0.2) is 48.6 Å². The molecule has 0 radical (unpaired) electrons. The summed E-state index contributed by atoms with van der Waals surface area (Å²) in [5, 5.41) is 0. The molecule has 1 aliphatic carbocycles. The Kier molecular flexibility index (Phi) is 8.26. The number of allylic oxidation sites excluding steroid dienone is 2. The molecule has 1 fully saturated rings. The van der Waals surface area contributed by atoms with Crippen LogP contribution in [0, 0.1) is 17.6 Å². The van der Waals surface area contributed by atoms with E-state index in [4.69, 9.17) is 0 Å². The fourth-order valence-electron chi connectivity index (χ4n) is 4.22. The smallest absolute Gasteiger partial charge is 0.399 e. The maximum Gasteiger partial charge on any atom is 0.573 e. The number of unbranched alkanes of at least 4 members (excludes halogenated alkanes) is 1. The summed E-state index contributed by atoms with van der Waals surface area (Å²) in [4.78, 5) is 0. The fraction of sp³-hybridized carbons (Fsp3) is 0.440. The van der Waals surface area contributed by atoms with Gasteiger partial charge in [-0.05, 0) is 85.6 Å². The molecule has 0 aliphatic heterocycles. The molecular formula is C25H26F6O. The minimum atomic E-state index is -5.17. The molecule has 0 atom stereocenters. The van der Waals surface area contributed by atoms with Crippen molar-refractivity contribution in [2.75, 3.05) is 6.67 Å². The molecule has 0 aromatic heterocycles. The molecule has 1 aliphatic rings. The van der Waals surface area contributed by atoms with Crippen LogP contribution in [0.3, 0.4) is 0 Å². The van der Waals surface area contributed by atoms with Crippen molar-refractivity contribution in [3.05, 3.63) is 65.7 Å². The second-order valence-corrected chi connectivity index (χ2v) is 8.19. The Morgan fingerprint density at radius 1 is 0.875 bits per heavy atom. The van der Waals surface area contributed by atoms with E-state index in [1.165, 1.54) is 0 Å². The molecule has 1 nitrogen and oxygen atoms in total. The Bertz CT molecular complexity index is 873. The molecule has 1 saturated carbocycles. The molecule has 0 spiro atoms. The highest BCUT2D eigenvalue weighted by atomic mass is 19.4. The summed E-state index contributed by atoms with van der Waals surface area (Å²) in [7, 11) is 0. The van der Waals surface area contributed by atoms with Crippen molar-refractivity contribution in [2.45, 2.75) is 57.2 Å². The van der Waals surface area contributed by atoms with Crippen LogP contribution >= 0.6 is 0 Å². The molecule has 0 amide bonds. The largest absolute Gasteiger partial charge is 0.573 e. The molecule has 2 aromatic carbocycles. The van der Waals surface area contributed by atoms with Crippen LogP contribution in [-0.4, -0.2) is 13.0 Å². The lowest BCUT2D eigenvalue weighted by molar-refractivity contribution is -0.276. The van der Waals surface area contributed by atoms with Crippen molar-refractivity contribution in [3.8, 4) is 16.9 Å². The monoisotopic (exact) mass is 456 g/mol. The Labute approximate surface area is 184 Å². The fourth-order valence-corrected chi connectivity index (χ4v) is 4.22. The van der Waals surface area contributed by atoms with E-state index >= 15 is 0 Å². The molecule has 0 saturated heterocycles. The van der Waals surface area contributed by atoms with Gasteiger partial charge in [-0.3, -0.25) is 4.39 Å². The number of hydrogen-bond acceptors (Lipinski definition) is 1. The van der Waals surface area contributed by atoms with Crippen molar-refractivity contribution in [1.29, 1.82) is 0 Å². The minimum absolute atomic E-state index is 0.143. The molecular weight excluding hydrogens is 430 g/mol. The highest BCUT2D eigenvalue weighted by Crippen LogP contribution is 2.38. The van der Waals surface area contributed by atoms with Crippen molar-refractivity contribution in [3.63, 3.8) is 0 Å². The number of hydrogen-bond donors (Lipinski definition) is 0. The molecule has 2 aromatic rings. The van der Waals surface area contributed by atoms with Gasteiger partial charge in [0, 0.05) is 0 Å². The number of ether oxygens (including phenoxy) is 1. The van der Waals surface area contributed by atoms with Crippen LogP contribution in [0.5, 0.6) is 5.75 Å². The van der Waals surface area contributed by atoms with Gasteiger partial charge < -0.3 is 4.74 Å². The zero-order chi connectivity index (χ0) is 23.1. The molecule has 174 valence electrons. The van der Waals surface area contributed by atoms with Crippen LogP contribution in [-0.2, 0) is 0 Å². The van der Waals surface area contributed by atoms with Gasteiger partial charge in [-0.2, -0.15) is 0 Å². The summed E-state index contributed by atoms with van der Waals surface area (Å²) in [5.41, 5.74) is 1.80. The minimum Gasteiger partial charge on any atom is -0.399 e. The Morgan fingerprint density at radius 3 is 2.06 bits per heavy atom. The molecule has 3 rings (SSSR count). The highest BCUT2D eigenvalue weighted by Gasteiger charge is 2.34. The van der Waals surface area contributed by atoms with Gasteiger partial charge in [-0.25, -0.2) is 8.78 Å². The van der Waals surface area contributed by atoms with Crippen molar-refractivity contribution in [1.82, 2.24) is 0 Å². The predicted molar refractivity (Wildman–Crippen MR) is 112 cm³/mol. The van der Waals surface area contributed by atoms with Gasteiger partial charge in [0.2, 0.25) is 5.75 Å². The SMILES string of the molecule is FCCCC=CCC1CCC(c2ccc(-c3cc(F)c(OC(F)(F)F)c(F)c3)cc2)CC1. The molecule has 32 heavy (non-hydrogen) atoms. The normalized spacial score (nSPS) is 19.4. The predicted octanol–water partition coefficient (Wildman–Crippen LogP) is 8.50. The third-order valence-corrected chi connectivity index (χ3v) is 5.92. The standard InChI is InChI=1S/C25H26F6O/c26-14-4-2-1-3-5-17-6-8-18(9-7-17)19-10-12-20(13-11-19)21-15-22(27)24(23(28)16-21)32-25(29,30)31/h1,3,10-13,15-18H,2,4-9,14H2. The van der Waals surface area contributed by atoms with Gasteiger partial charge in [0.25, 0.3) is 0 Å². The van der Waals surface area contributed by atoms with Gasteiger partial charge >= 0.3 is 6.36 Å². The van der Waals surface area contributed by atoms with E-state index in [0.29, 0.717) is 23.8 Å². The van der Waals surface area contributed by atoms with Crippen molar-refractivity contribution >= 4 is 0 Å². The van der Waals surface area contributed by atoms with E-state index in [0.717, 1.165) is 56.2 Å². The van der Waals surface area contributed by atoms with E-state index in [1.807, 2.05) is 12.1 Å². The van der Waals surface area contributed by atoms with Gasteiger partial charge in [-0.1, -0.05) is 36.4 Å². The van der Waals surface area contributed by atoms with E-state index in [9.17, 15) is 26.3 Å². The summed E-state index contributed by atoms with van der Waals surface area (Å²) in [5.74, 6) is -3.22. The van der Waals surface area contributed by atoms with E-state index in [2.05, 4.69) is 16.9 Å². The maximum absolute atomic E-state index is 14.0. The second kappa shape index (κ2) is 10.9. The summed E-state index contributed by atoms with van der Waals surface area (Å²) in [6.45, 7) is -0.282.